The minimum atomic E-state index is 0.670. The molecule has 0 aliphatic heterocycles. The molecule has 0 spiro atoms. The van der Waals surface area contributed by atoms with Crippen molar-refractivity contribution in [2.45, 2.75) is 25.4 Å². The molecule has 0 saturated heterocycles. The highest BCUT2D eigenvalue weighted by Crippen LogP contribution is 2.42. The molecule has 0 radical (unpaired) electrons. The zero-order valence-corrected chi connectivity index (χ0v) is 8.63. The summed E-state index contributed by atoms with van der Waals surface area (Å²) in [5, 5.41) is 3.57. The van der Waals surface area contributed by atoms with Gasteiger partial charge in [0, 0.05) is 18.8 Å². The van der Waals surface area contributed by atoms with Crippen LogP contribution in [0.25, 0.3) is 0 Å². The molecule has 0 aromatic carbocycles. The van der Waals surface area contributed by atoms with Gasteiger partial charge in [0.05, 0.1) is 5.69 Å². The van der Waals surface area contributed by atoms with Crippen LogP contribution in [-0.4, -0.2) is 16.0 Å². The van der Waals surface area contributed by atoms with Crippen LogP contribution in [0.4, 0.5) is 0 Å². The Morgan fingerprint density at radius 1 is 1.47 bits per heavy atom. The van der Waals surface area contributed by atoms with Gasteiger partial charge in [-0.05, 0) is 30.7 Å². The van der Waals surface area contributed by atoms with E-state index in [0.717, 1.165) is 24.1 Å². The third-order valence-electron chi connectivity index (χ3n) is 3.55. The van der Waals surface area contributed by atoms with Crippen LogP contribution in [0.1, 0.15) is 18.5 Å². The first-order chi connectivity index (χ1) is 7.43. The summed E-state index contributed by atoms with van der Waals surface area (Å²) in [4.78, 5) is 8.11. The van der Waals surface area contributed by atoms with E-state index in [1.807, 2.05) is 6.07 Å². The molecule has 1 fully saturated rings. The van der Waals surface area contributed by atoms with Crippen LogP contribution in [0.2, 0.25) is 0 Å². The summed E-state index contributed by atoms with van der Waals surface area (Å²) in [5.74, 6) is 1.71. The van der Waals surface area contributed by atoms with E-state index in [1.54, 1.807) is 12.5 Å². The molecule has 2 aliphatic carbocycles. The molecular weight excluding hydrogens is 186 g/mol. The largest absolute Gasteiger partial charge is 0.308 e. The molecule has 2 aliphatic rings. The minimum Gasteiger partial charge on any atom is -0.308 e. The Bertz CT molecular complexity index is 360. The zero-order chi connectivity index (χ0) is 10.1. The summed E-state index contributed by atoms with van der Waals surface area (Å²) in [6.07, 6.45) is 10.7. The molecule has 1 heterocycles. The van der Waals surface area contributed by atoms with Crippen molar-refractivity contribution in [3.8, 4) is 0 Å². The Balaban J connectivity index is 1.53. The number of rotatable bonds is 3. The van der Waals surface area contributed by atoms with E-state index >= 15 is 0 Å². The summed E-state index contributed by atoms with van der Waals surface area (Å²) >= 11 is 0. The summed E-state index contributed by atoms with van der Waals surface area (Å²) < 4.78 is 0. The van der Waals surface area contributed by atoms with E-state index in [0.29, 0.717) is 6.04 Å². The Morgan fingerprint density at radius 2 is 2.47 bits per heavy atom. The Hall–Kier alpha value is -1.22. The Morgan fingerprint density at radius 3 is 3.27 bits per heavy atom. The monoisotopic (exact) mass is 201 g/mol. The number of hydrogen-bond acceptors (Lipinski definition) is 3. The smallest absolute Gasteiger partial charge is 0.115 e. The van der Waals surface area contributed by atoms with Gasteiger partial charge in [-0.2, -0.15) is 0 Å². The van der Waals surface area contributed by atoms with Gasteiger partial charge in [0.15, 0.2) is 0 Å². The summed E-state index contributed by atoms with van der Waals surface area (Å²) in [7, 11) is 0. The molecule has 15 heavy (non-hydrogen) atoms. The van der Waals surface area contributed by atoms with Crippen molar-refractivity contribution in [1.82, 2.24) is 15.3 Å². The number of nitrogens with one attached hydrogen (secondary N) is 1. The highest BCUT2D eigenvalue weighted by atomic mass is 15.0. The maximum Gasteiger partial charge on any atom is 0.115 e. The predicted molar refractivity (Wildman–Crippen MR) is 58.0 cm³/mol. The molecule has 1 aromatic heterocycles. The van der Waals surface area contributed by atoms with Crippen molar-refractivity contribution in [2.75, 3.05) is 0 Å². The van der Waals surface area contributed by atoms with Gasteiger partial charge >= 0.3 is 0 Å². The van der Waals surface area contributed by atoms with Gasteiger partial charge in [0.2, 0.25) is 0 Å². The molecule has 3 atom stereocenters. The molecule has 0 bridgehead atoms. The third-order valence-corrected chi connectivity index (χ3v) is 3.55. The lowest BCUT2D eigenvalue weighted by molar-refractivity contribution is 0.162. The van der Waals surface area contributed by atoms with E-state index in [4.69, 9.17) is 0 Å². The Labute approximate surface area is 89.6 Å². The molecule has 1 N–H and O–H groups in total. The van der Waals surface area contributed by atoms with Crippen LogP contribution < -0.4 is 5.32 Å². The van der Waals surface area contributed by atoms with Gasteiger partial charge in [-0.25, -0.2) is 9.97 Å². The first-order valence-electron chi connectivity index (χ1n) is 5.58. The first-order valence-corrected chi connectivity index (χ1v) is 5.58. The lowest BCUT2D eigenvalue weighted by Crippen LogP contribution is -2.47. The summed E-state index contributed by atoms with van der Waals surface area (Å²) in [6.45, 7) is 0.865. The van der Waals surface area contributed by atoms with Gasteiger partial charge in [-0.1, -0.05) is 12.2 Å². The SMILES string of the molecule is C1=CC2C(C1)CC2NCc1ccncn1. The normalized spacial score (nSPS) is 32.4. The lowest BCUT2D eigenvalue weighted by atomic mass is 9.71. The van der Waals surface area contributed by atoms with Gasteiger partial charge in [0.25, 0.3) is 0 Å². The maximum atomic E-state index is 4.20. The fourth-order valence-electron chi connectivity index (χ4n) is 2.61. The second-order valence-electron chi connectivity index (χ2n) is 4.43. The highest BCUT2D eigenvalue weighted by Gasteiger charge is 2.40. The van der Waals surface area contributed by atoms with Gasteiger partial charge < -0.3 is 5.32 Å². The topological polar surface area (TPSA) is 37.8 Å². The fraction of sp³-hybridized carbons (Fsp3) is 0.500. The van der Waals surface area contributed by atoms with Gasteiger partial charge in [-0.15, -0.1) is 0 Å². The fourth-order valence-corrected chi connectivity index (χ4v) is 2.61. The first kappa shape index (κ1) is 9.04. The average Bonchev–Trinajstić information content (AvgIpc) is 2.62. The van der Waals surface area contributed by atoms with Crippen LogP contribution >= 0.6 is 0 Å². The molecule has 3 heteroatoms. The molecular formula is C12H15N3. The number of allylic oxidation sites excluding steroid dienone is 1. The van der Waals surface area contributed by atoms with E-state index in [9.17, 15) is 0 Å². The lowest BCUT2D eigenvalue weighted by Gasteiger charge is -2.40. The van der Waals surface area contributed by atoms with Crippen molar-refractivity contribution >= 4 is 0 Å². The summed E-state index contributed by atoms with van der Waals surface area (Å²) in [6, 6.07) is 2.64. The molecule has 0 amide bonds. The standard InChI is InChI=1S/C12H15N3/c1-2-9-6-12(11(9)3-1)14-7-10-4-5-13-8-15-10/h1,3-5,8-9,11-12,14H,2,6-7H2. The number of fused-ring (bicyclic) bond motifs is 1. The average molecular weight is 201 g/mol. The third kappa shape index (κ3) is 1.67. The predicted octanol–water partition coefficient (Wildman–Crippen LogP) is 1.53. The molecule has 3 rings (SSSR count). The molecule has 78 valence electrons. The molecule has 1 aromatic rings. The Kier molecular flexibility index (Phi) is 2.25. The number of nitrogens with zero attached hydrogens (tertiary/aromatic N) is 2. The van der Waals surface area contributed by atoms with Crippen LogP contribution in [0.3, 0.4) is 0 Å². The van der Waals surface area contributed by atoms with Crippen molar-refractivity contribution in [2.24, 2.45) is 11.8 Å². The van der Waals surface area contributed by atoms with E-state index in [-0.39, 0.29) is 0 Å². The molecule has 3 unspecified atom stereocenters. The van der Waals surface area contributed by atoms with E-state index in [1.165, 1.54) is 12.8 Å². The van der Waals surface area contributed by atoms with Crippen molar-refractivity contribution < 1.29 is 0 Å². The minimum absolute atomic E-state index is 0.670. The van der Waals surface area contributed by atoms with Crippen LogP contribution in [0.5, 0.6) is 0 Å². The second-order valence-corrected chi connectivity index (χ2v) is 4.43. The zero-order valence-electron chi connectivity index (χ0n) is 8.63. The quantitative estimate of drug-likeness (QED) is 0.754. The molecule has 3 nitrogen and oxygen atoms in total. The number of aromatic nitrogens is 2. The van der Waals surface area contributed by atoms with Crippen LogP contribution in [0, 0.1) is 11.8 Å². The second kappa shape index (κ2) is 3.74. The number of hydrogen-bond donors (Lipinski definition) is 1. The van der Waals surface area contributed by atoms with Crippen molar-refractivity contribution in [3.63, 3.8) is 0 Å². The maximum absolute atomic E-state index is 4.20. The van der Waals surface area contributed by atoms with Gasteiger partial charge in [0.1, 0.15) is 6.33 Å². The van der Waals surface area contributed by atoms with Crippen LogP contribution in [0.15, 0.2) is 30.7 Å². The summed E-state index contributed by atoms with van der Waals surface area (Å²) in [5.41, 5.74) is 1.08. The molecule has 1 saturated carbocycles. The van der Waals surface area contributed by atoms with Gasteiger partial charge in [-0.3, -0.25) is 0 Å². The van der Waals surface area contributed by atoms with Crippen molar-refractivity contribution in [1.29, 1.82) is 0 Å². The van der Waals surface area contributed by atoms with Crippen molar-refractivity contribution in [3.05, 3.63) is 36.4 Å². The van der Waals surface area contributed by atoms with E-state index in [2.05, 4.69) is 27.4 Å². The highest BCUT2D eigenvalue weighted by molar-refractivity contribution is 5.13. The van der Waals surface area contributed by atoms with E-state index < -0.39 is 0 Å². The van der Waals surface area contributed by atoms with Crippen LogP contribution in [-0.2, 0) is 6.54 Å².